The van der Waals surface area contributed by atoms with Gasteiger partial charge in [-0.1, -0.05) is 0 Å². The van der Waals surface area contributed by atoms with Gasteiger partial charge in [-0.15, -0.1) is 0 Å². The first-order valence-electron chi connectivity index (χ1n) is 5.24. The molecule has 0 bridgehead atoms. The molecule has 5 heteroatoms. The van der Waals surface area contributed by atoms with Crippen LogP contribution >= 0.6 is 0 Å². The fourth-order valence-electron chi connectivity index (χ4n) is 2.32. The standard InChI is InChI=1S/C9H18N2O2S/c1-7(2)14(12,13)11-5-8-3-4-10-9(8)6-11/h7-10H,3-6H2,1-2H3/t8-,9+/m0/s1. The summed E-state index contributed by atoms with van der Waals surface area (Å²) in [6, 6.07) is 0.406. The minimum atomic E-state index is -3.03. The molecule has 0 radical (unpaired) electrons. The van der Waals surface area contributed by atoms with Gasteiger partial charge in [0, 0.05) is 19.1 Å². The van der Waals surface area contributed by atoms with Crippen LogP contribution in [0.2, 0.25) is 0 Å². The van der Waals surface area contributed by atoms with E-state index >= 15 is 0 Å². The minimum absolute atomic E-state index is 0.290. The highest BCUT2D eigenvalue weighted by Crippen LogP contribution is 2.27. The lowest BCUT2D eigenvalue weighted by atomic mass is 10.1. The van der Waals surface area contributed by atoms with Crippen molar-refractivity contribution >= 4 is 10.0 Å². The van der Waals surface area contributed by atoms with Gasteiger partial charge in [-0.2, -0.15) is 4.31 Å². The van der Waals surface area contributed by atoms with Gasteiger partial charge in [0.15, 0.2) is 0 Å². The molecule has 0 aromatic heterocycles. The molecule has 2 heterocycles. The third-order valence-corrected chi connectivity index (χ3v) is 5.49. The molecule has 2 fully saturated rings. The third-order valence-electron chi connectivity index (χ3n) is 3.28. The Hall–Kier alpha value is -0.130. The maximum atomic E-state index is 11.9. The Balaban J connectivity index is 2.09. The molecule has 2 saturated heterocycles. The largest absolute Gasteiger partial charge is 0.312 e. The van der Waals surface area contributed by atoms with Crippen LogP contribution in [0.1, 0.15) is 20.3 Å². The van der Waals surface area contributed by atoms with Gasteiger partial charge in [0.1, 0.15) is 0 Å². The minimum Gasteiger partial charge on any atom is -0.312 e. The third kappa shape index (κ3) is 1.57. The maximum absolute atomic E-state index is 11.9. The van der Waals surface area contributed by atoms with Crippen molar-refractivity contribution in [2.75, 3.05) is 19.6 Å². The number of hydrogen-bond donors (Lipinski definition) is 1. The second kappa shape index (κ2) is 3.47. The van der Waals surface area contributed by atoms with Gasteiger partial charge >= 0.3 is 0 Å². The van der Waals surface area contributed by atoms with E-state index in [2.05, 4.69) is 5.32 Å². The highest BCUT2D eigenvalue weighted by molar-refractivity contribution is 7.89. The Morgan fingerprint density at radius 3 is 2.64 bits per heavy atom. The molecule has 0 aromatic rings. The number of sulfonamides is 1. The fourth-order valence-corrected chi connectivity index (χ4v) is 3.68. The van der Waals surface area contributed by atoms with Crippen LogP contribution < -0.4 is 5.32 Å². The summed E-state index contributed by atoms with van der Waals surface area (Å²) in [5, 5.41) is 3.06. The Kier molecular flexibility index (Phi) is 2.57. The molecule has 82 valence electrons. The maximum Gasteiger partial charge on any atom is 0.216 e. The molecular formula is C9H18N2O2S. The van der Waals surface area contributed by atoms with Crippen molar-refractivity contribution in [3.05, 3.63) is 0 Å². The number of hydrogen-bond acceptors (Lipinski definition) is 3. The molecule has 2 rings (SSSR count). The van der Waals surface area contributed by atoms with Gasteiger partial charge in [-0.25, -0.2) is 8.42 Å². The SMILES string of the molecule is CC(C)S(=O)(=O)N1C[C@@H]2CCN[C@@H]2C1. The van der Waals surface area contributed by atoms with E-state index in [-0.39, 0.29) is 5.25 Å². The lowest BCUT2D eigenvalue weighted by molar-refractivity contribution is 0.442. The van der Waals surface area contributed by atoms with E-state index in [9.17, 15) is 8.42 Å². The first kappa shape index (κ1) is 10.4. The molecule has 2 aliphatic rings. The van der Waals surface area contributed by atoms with Crippen molar-refractivity contribution in [1.82, 2.24) is 9.62 Å². The molecule has 0 aromatic carbocycles. The van der Waals surface area contributed by atoms with Crippen LogP contribution in [0.4, 0.5) is 0 Å². The first-order valence-corrected chi connectivity index (χ1v) is 6.74. The Labute approximate surface area is 85.7 Å². The van der Waals surface area contributed by atoms with E-state index in [1.807, 2.05) is 0 Å². The van der Waals surface area contributed by atoms with Gasteiger partial charge < -0.3 is 5.32 Å². The van der Waals surface area contributed by atoms with Crippen molar-refractivity contribution in [1.29, 1.82) is 0 Å². The van der Waals surface area contributed by atoms with E-state index in [0.29, 0.717) is 18.5 Å². The average molecular weight is 218 g/mol. The zero-order chi connectivity index (χ0) is 10.3. The Morgan fingerprint density at radius 2 is 2.07 bits per heavy atom. The van der Waals surface area contributed by atoms with Crippen LogP contribution in [0, 0.1) is 5.92 Å². The second-order valence-corrected chi connectivity index (χ2v) is 7.01. The van der Waals surface area contributed by atoms with E-state index in [1.54, 1.807) is 18.2 Å². The Morgan fingerprint density at radius 1 is 1.36 bits per heavy atom. The fraction of sp³-hybridized carbons (Fsp3) is 1.00. The molecule has 4 nitrogen and oxygen atoms in total. The highest BCUT2D eigenvalue weighted by Gasteiger charge is 2.41. The zero-order valence-electron chi connectivity index (χ0n) is 8.73. The summed E-state index contributed by atoms with van der Waals surface area (Å²) in [5.41, 5.74) is 0. The summed E-state index contributed by atoms with van der Waals surface area (Å²) in [7, 11) is -3.03. The molecule has 0 aliphatic carbocycles. The zero-order valence-corrected chi connectivity index (χ0v) is 9.55. The number of rotatable bonds is 2. The van der Waals surface area contributed by atoms with Crippen molar-refractivity contribution < 1.29 is 8.42 Å². The predicted molar refractivity (Wildman–Crippen MR) is 55.5 cm³/mol. The van der Waals surface area contributed by atoms with E-state index < -0.39 is 10.0 Å². The molecule has 1 N–H and O–H groups in total. The smallest absolute Gasteiger partial charge is 0.216 e. The van der Waals surface area contributed by atoms with Gasteiger partial charge in [0.2, 0.25) is 10.0 Å². The summed E-state index contributed by atoms with van der Waals surface area (Å²) in [6.07, 6.45) is 1.12. The number of fused-ring (bicyclic) bond motifs is 1. The van der Waals surface area contributed by atoms with Crippen LogP contribution in [-0.4, -0.2) is 43.6 Å². The molecule has 2 aliphatic heterocycles. The quantitative estimate of drug-likeness (QED) is 0.711. The van der Waals surface area contributed by atoms with Gasteiger partial charge in [-0.3, -0.25) is 0 Å². The van der Waals surface area contributed by atoms with Crippen LogP contribution in [0.3, 0.4) is 0 Å². The van der Waals surface area contributed by atoms with E-state index in [4.69, 9.17) is 0 Å². The molecule has 2 atom stereocenters. The number of nitrogens with one attached hydrogen (secondary N) is 1. The molecule has 0 spiro atoms. The van der Waals surface area contributed by atoms with Crippen molar-refractivity contribution in [2.45, 2.75) is 31.6 Å². The van der Waals surface area contributed by atoms with Crippen LogP contribution in [-0.2, 0) is 10.0 Å². The van der Waals surface area contributed by atoms with Crippen LogP contribution in [0.15, 0.2) is 0 Å². The van der Waals surface area contributed by atoms with E-state index in [1.165, 1.54) is 0 Å². The summed E-state index contributed by atoms with van der Waals surface area (Å²) in [6.45, 7) is 5.93. The number of nitrogens with zero attached hydrogens (tertiary/aromatic N) is 1. The second-order valence-electron chi connectivity index (χ2n) is 4.52. The van der Waals surface area contributed by atoms with Crippen molar-refractivity contribution in [3.63, 3.8) is 0 Å². The van der Waals surface area contributed by atoms with Crippen molar-refractivity contribution in [3.8, 4) is 0 Å². The highest BCUT2D eigenvalue weighted by atomic mass is 32.2. The lowest BCUT2D eigenvalue weighted by Gasteiger charge is -2.19. The lowest BCUT2D eigenvalue weighted by Crippen LogP contribution is -2.37. The van der Waals surface area contributed by atoms with E-state index in [0.717, 1.165) is 19.5 Å². The van der Waals surface area contributed by atoms with Crippen molar-refractivity contribution in [2.24, 2.45) is 5.92 Å². The Bertz CT molecular complexity index is 301. The summed E-state index contributed by atoms with van der Waals surface area (Å²) >= 11 is 0. The topological polar surface area (TPSA) is 49.4 Å². The monoisotopic (exact) mass is 218 g/mol. The molecule has 14 heavy (non-hydrogen) atoms. The van der Waals surface area contributed by atoms with Gasteiger partial charge in [0.25, 0.3) is 0 Å². The van der Waals surface area contributed by atoms with Crippen LogP contribution in [0.5, 0.6) is 0 Å². The average Bonchev–Trinajstić information content (AvgIpc) is 2.60. The summed E-state index contributed by atoms with van der Waals surface area (Å²) in [4.78, 5) is 0. The first-order chi connectivity index (χ1) is 6.51. The summed E-state index contributed by atoms with van der Waals surface area (Å²) < 4.78 is 25.4. The summed E-state index contributed by atoms with van der Waals surface area (Å²) in [5.74, 6) is 0.545. The molecule has 0 unspecified atom stereocenters. The molecule has 0 saturated carbocycles. The van der Waals surface area contributed by atoms with Crippen LogP contribution in [0.25, 0.3) is 0 Å². The molecular weight excluding hydrogens is 200 g/mol. The molecule has 0 amide bonds. The van der Waals surface area contributed by atoms with Gasteiger partial charge in [0.05, 0.1) is 5.25 Å². The predicted octanol–water partition coefficient (Wildman–Crippen LogP) is 0.0183. The normalized spacial score (nSPS) is 33.9. The van der Waals surface area contributed by atoms with Gasteiger partial charge in [-0.05, 0) is 32.7 Å².